The minimum absolute atomic E-state index is 0.110. The molecule has 0 radical (unpaired) electrons. The zero-order valence-electron chi connectivity index (χ0n) is 12.8. The molecule has 0 unspecified atom stereocenters. The van der Waals surface area contributed by atoms with E-state index in [0.717, 1.165) is 5.75 Å². The number of ether oxygens (including phenoxy) is 2. The number of hydrogen-bond donors (Lipinski definition) is 1. The van der Waals surface area contributed by atoms with Crippen LogP contribution in [0.15, 0.2) is 24.3 Å². The van der Waals surface area contributed by atoms with Crippen molar-refractivity contribution in [3.63, 3.8) is 0 Å². The molecule has 1 aromatic rings. The highest BCUT2D eigenvalue weighted by Gasteiger charge is 2.12. The molecule has 2 amide bonds. The quantitative estimate of drug-likeness (QED) is 0.793. The van der Waals surface area contributed by atoms with Crippen molar-refractivity contribution in [3.8, 4) is 5.75 Å². The van der Waals surface area contributed by atoms with E-state index in [2.05, 4.69) is 10.1 Å². The predicted molar refractivity (Wildman–Crippen MR) is 84.2 cm³/mol. The summed E-state index contributed by atoms with van der Waals surface area (Å²) in [4.78, 5) is 24.7. The lowest BCUT2D eigenvalue weighted by Crippen LogP contribution is -2.41. The summed E-state index contributed by atoms with van der Waals surface area (Å²) in [7, 11) is 0. The first kappa shape index (κ1) is 18.3. The van der Waals surface area contributed by atoms with Gasteiger partial charge in [-0.05, 0) is 37.7 Å². The number of nitrogens with one attached hydrogen (secondary N) is 1. The van der Waals surface area contributed by atoms with Gasteiger partial charge in [-0.2, -0.15) is 0 Å². The lowest BCUT2D eigenvalue weighted by Gasteiger charge is -2.19. The van der Waals surface area contributed by atoms with E-state index in [4.69, 9.17) is 16.3 Å². The molecule has 1 aromatic carbocycles. The highest BCUT2D eigenvalue weighted by atomic mass is 35.5. The SMILES string of the molecule is CCOC(=O)NC(=O)CN(CC)CCOc1ccc(Cl)cc1. The molecule has 0 heterocycles. The van der Waals surface area contributed by atoms with Crippen molar-refractivity contribution in [1.82, 2.24) is 10.2 Å². The molecule has 0 saturated carbocycles. The molecule has 0 saturated heterocycles. The van der Waals surface area contributed by atoms with Gasteiger partial charge in [0.2, 0.25) is 5.91 Å². The van der Waals surface area contributed by atoms with Crippen LogP contribution >= 0.6 is 11.6 Å². The second kappa shape index (κ2) is 10.0. The minimum Gasteiger partial charge on any atom is -0.492 e. The summed E-state index contributed by atoms with van der Waals surface area (Å²) in [6.45, 7) is 5.61. The fourth-order valence-corrected chi connectivity index (χ4v) is 1.82. The number of alkyl carbamates (subject to hydrolysis) is 1. The number of carbonyl (C=O) groups excluding carboxylic acids is 2. The van der Waals surface area contributed by atoms with Gasteiger partial charge < -0.3 is 9.47 Å². The van der Waals surface area contributed by atoms with E-state index in [1.54, 1.807) is 31.2 Å². The summed E-state index contributed by atoms with van der Waals surface area (Å²) in [6, 6.07) is 7.07. The summed E-state index contributed by atoms with van der Waals surface area (Å²) in [5.74, 6) is 0.322. The molecule has 0 spiro atoms. The second-order valence-electron chi connectivity index (χ2n) is 4.44. The molecule has 22 heavy (non-hydrogen) atoms. The average Bonchev–Trinajstić information content (AvgIpc) is 2.48. The smallest absolute Gasteiger partial charge is 0.413 e. The maximum atomic E-state index is 11.7. The maximum absolute atomic E-state index is 11.7. The van der Waals surface area contributed by atoms with E-state index in [1.165, 1.54) is 0 Å². The normalized spacial score (nSPS) is 10.4. The van der Waals surface area contributed by atoms with Crippen LogP contribution in [0.25, 0.3) is 0 Å². The van der Waals surface area contributed by atoms with Crippen LogP contribution < -0.4 is 10.1 Å². The number of carbonyl (C=O) groups is 2. The molecule has 0 aromatic heterocycles. The Morgan fingerprint density at radius 2 is 1.91 bits per heavy atom. The number of halogens is 1. The molecule has 0 fully saturated rings. The van der Waals surface area contributed by atoms with Crippen LogP contribution in [-0.4, -0.2) is 49.7 Å². The second-order valence-corrected chi connectivity index (χ2v) is 4.88. The van der Waals surface area contributed by atoms with Crippen LogP contribution in [0.4, 0.5) is 4.79 Å². The van der Waals surface area contributed by atoms with Gasteiger partial charge in [-0.15, -0.1) is 0 Å². The van der Waals surface area contributed by atoms with Gasteiger partial charge in [0.15, 0.2) is 0 Å². The van der Waals surface area contributed by atoms with Gasteiger partial charge in [0.05, 0.1) is 13.2 Å². The van der Waals surface area contributed by atoms with Crippen molar-refractivity contribution >= 4 is 23.6 Å². The molecule has 0 aliphatic rings. The van der Waals surface area contributed by atoms with Crippen molar-refractivity contribution in [2.45, 2.75) is 13.8 Å². The highest BCUT2D eigenvalue weighted by molar-refractivity contribution is 6.30. The van der Waals surface area contributed by atoms with Crippen LogP contribution in [-0.2, 0) is 9.53 Å². The number of amides is 2. The monoisotopic (exact) mass is 328 g/mol. The van der Waals surface area contributed by atoms with Crippen LogP contribution in [0.2, 0.25) is 5.02 Å². The largest absolute Gasteiger partial charge is 0.492 e. The van der Waals surface area contributed by atoms with Crippen LogP contribution in [0.3, 0.4) is 0 Å². The van der Waals surface area contributed by atoms with Gasteiger partial charge in [0.1, 0.15) is 12.4 Å². The fraction of sp³-hybridized carbons (Fsp3) is 0.467. The molecule has 1 N–H and O–H groups in total. The molecule has 122 valence electrons. The molecule has 0 atom stereocenters. The van der Waals surface area contributed by atoms with E-state index in [-0.39, 0.29) is 13.2 Å². The number of benzene rings is 1. The van der Waals surface area contributed by atoms with E-state index < -0.39 is 12.0 Å². The van der Waals surface area contributed by atoms with Crippen molar-refractivity contribution in [1.29, 1.82) is 0 Å². The van der Waals surface area contributed by atoms with E-state index >= 15 is 0 Å². The Hall–Kier alpha value is -1.79. The molecular formula is C15H21ClN2O4. The molecule has 7 heteroatoms. The summed E-state index contributed by atoms with van der Waals surface area (Å²) in [6.07, 6.45) is -0.721. The van der Waals surface area contributed by atoms with Crippen molar-refractivity contribution in [2.75, 3.05) is 32.8 Å². The van der Waals surface area contributed by atoms with Gasteiger partial charge in [-0.3, -0.25) is 15.0 Å². The van der Waals surface area contributed by atoms with Gasteiger partial charge in [-0.25, -0.2) is 4.79 Å². The maximum Gasteiger partial charge on any atom is 0.413 e. The van der Waals surface area contributed by atoms with Crippen LogP contribution in [0, 0.1) is 0 Å². The Labute approximate surface area is 135 Å². The number of likely N-dealkylation sites (N-methyl/N-ethyl adjacent to an activating group) is 1. The van der Waals surface area contributed by atoms with Gasteiger partial charge in [-0.1, -0.05) is 18.5 Å². The Morgan fingerprint density at radius 1 is 1.23 bits per heavy atom. The molecular weight excluding hydrogens is 308 g/mol. The Morgan fingerprint density at radius 3 is 2.50 bits per heavy atom. The number of nitrogens with zero attached hydrogens (tertiary/aromatic N) is 1. The first-order valence-electron chi connectivity index (χ1n) is 7.12. The third-order valence-electron chi connectivity index (χ3n) is 2.82. The first-order valence-corrected chi connectivity index (χ1v) is 7.50. The van der Waals surface area contributed by atoms with E-state index in [9.17, 15) is 9.59 Å². The number of hydrogen-bond acceptors (Lipinski definition) is 5. The van der Waals surface area contributed by atoms with Gasteiger partial charge in [0, 0.05) is 11.6 Å². The van der Waals surface area contributed by atoms with Crippen molar-refractivity contribution < 1.29 is 19.1 Å². The fourth-order valence-electron chi connectivity index (χ4n) is 1.70. The molecule has 0 aliphatic heterocycles. The summed E-state index contributed by atoms with van der Waals surface area (Å²) in [5.41, 5.74) is 0. The van der Waals surface area contributed by atoms with Crippen molar-refractivity contribution in [3.05, 3.63) is 29.3 Å². The Balaban J connectivity index is 2.30. The molecule has 1 rings (SSSR count). The van der Waals surface area contributed by atoms with E-state index in [1.807, 2.05) is 11.8 Å². The molecule has 0 aliphatic carbocycles. The topological polar surface area (TPSA) is 67.9 Å². The first-order chi connectivity index (χ1) is 10.5. The number of imide groups is 1. The third-order valence-corrected chi connectivity index (χ3v) is 3.07. The third kappa shape index (κ3) is 7.28. The molecule has 6 nitrogen and oxygen atoms in total. The van der Waals surface area contributed by atoms with E-state index in [0.29, 0.717) is 24.7 Å². The summed E-state index contributed by atoms with van der Waals surface area (Å²) >= 11 is 5.79. The lowest BCUT2D eigenvalue weighted by atomic mass is 10.3. The zero-order valence-corrected chi connectivity index (χ0v) is 13.6. The minimum atomic E-state index is -0.721. The standard InChI is InChI=1S/C15H21ClN2O4/c1-3-18(11-14(19)17-15(20)21-4-2)9-10-22-13-7-5-12(16)6-8-13/h5-8H,3-4,9-11H2,1-2H3,(H,17,19,20). The van der Waals surface area contributed by atoms with Gasteiger partial charge in [0.25, 0.3) is 0 Å². The summed E-state index contributed by atoms with van der Waals surface area (Å²) < 4.78 is 10.2. The van der Waals surface area contributed by atoms with Crippen LogP contribution in [0.5, 0.6) is 5.75 Å². The van der Waals surface area contributed by atoms with Gasteiger partial charge >= 0.3 is 6.09 Å². The zero-order chi connectivity index (χ0) is 16.4. The van der Waals surface area contributed by atoms with Crippen molar-refractivity contribution in [2.24, 2.45) is 0 Å². The van der Waals surface area contributed by atoms with Crippen LogP contribution in [0.1, 0.15) is 13.8 Å². The highest BCUT2D eigenvalue weighted by Crippen LogP contribution is 2.15. The summed E-state index contributed by atoms with van der Waals surface area (Å²) in [5, 5.41) is 2.81. The Bertz CT molecular complexity index is 479. The lowest BCUT2D eigenvalue weighted by molar-refractivity contribution is -0.121. The predicted octanol–water partition coefficient (Wildman–Crippen LogP) is 2.31. The average molecular weight is 329 g/mol. The Kier molecular flexibility index (Phi) is 8.32. The molecule has 0 bridgehead atoms. The number of rotatable bonds is 8.